The minimum Gasteiger partial charge on any atom is -0.378 e. The molecule has 2 fully saturated rings. The summed E-state index contributed by atoms with van der Waals surface area (Å²) in [6.45, 7) is 3.63. The Bertz CT molecular complexity index is 842. The molecule has 2 aliphatic heterocycles. The van der Waals surface area contributed by atoms with Gasteiger partial charge in [-0.2, -0.15) is 0 Å². The van der Waals surface area contributed by atoms with Gasteiger partial charge in [0.25, 0.3) is 0 Å². The van der Waals surface area contributed by atoms with Crippen molar-refractivity contribution in [1.29, 1.82) is 0 Å². The van der Waals surface area contributed by atoms with Crippen molar-refractivity contribution in [3.8, 4) is 0 Å². The molecule has 0 saturated carbocycles. The molecule has 0 bridgehead atoms. The molecule has 138 valence electrons. The molecular formula is C20H25N3O3. The smallest absolute Gasteiger partial charge is 0.240 e. The maximum absolute atomic E-state index is 12.6. The molecule has 1 aromatic heterocycles. The number of carbonyl (C=O) groups excluding carboxylic acids is 1. The number of fused-ring (bicyclic) bond motifs is 1. The number of hydrogen-bond acceptors (Lipinski definition) is 4. The van der Waals surface area contributed by atoms with Crippen molar-refractivity contribution in [3.05, 3.63) is 46.8 Å². The van der Waals surface area contributed by atoms with Crippen molar-refractivity contribution in [3.63, 3.8) is 0 Å². The first-order valence-corrected chi connectivity index (χ1v) is 9.42. The number of nitrogens with one attached hydrogen (secondary N) is 1. The van der Waals surface area contributed by atoms with Gasteiger partial charge in [0.2, 0.25) is 5.91 Å². The lowest BCUT2D eigenvalue weighted by molar-refractivity contribution is -0.122. The topological polar surface area (TPSA) is 63.6 Å². The van der Waals surface area contributed by atoms with E-state index in [4.69, 9.17) is 4.74 Å². The van der Waals surface area contributed by atoms with E-state index in [1.807, 2.05) is 22.8 Å². The number of para-hydroxylation sites is 1. The second kappa shape index (κ2) is 7.60. The minimum atomic E-state index is -0.0451. The third-order valence-corrected chi connectivity index (χ3v) is 5.46. The van der Waals surface area contributed by atoms with Crippen LogP contribution in [0.4, 0.5) is 0 Å². The number of ether oxygens (including phenoxy) is 1. The van der Waals surface area contributed by atoms with E-state index < -0.39 is 0 Å². The number of piperidine rings is 1. The van der Waals surface area contributed by atoms with E-state index in [0.717, 1.165) is 18.6 Å². The molecule has 0 unspecified atom stereocenters. The van der Waals surface area contributed by atoms with E-state index in [0.29, 0.717) is 18.6 Å². The Morgan fingerprint density at radius 2 is 1.92 bits per heavy atom. The van der Waals surface area contributed by atoms with Gasteiger partial charge in [0.05, 0.1) is 30.8 Å². The second-order valence-corrected chi connectivity index (χ2v) is 7.20. The highest BCUT2D eigenvalue weighted by Gasteiger charge is 2.34. The molecule has 1 N–H and O–H groups in total. The summed E-state index contributed by atoms with van der Waals surface area (Å²) in [6.07, 6.45) is 5.43. The van der Waals surface area contributed by atoms with Crippen molar-refractivity contribution in [2.24, 2.45) is 0 Å². The number of aromatic nitrogens is 1. The summed E-state index contributed by atoms with van der Waals surface area (Å²) in [5, 5.41) is 3.79. The van der Waals surface area contributed by atoms with Crippen molar-refractivity contribution in [1.82, 2.24) is 14.8 Å². The van der Waals surface area contributed by atoms with E-state index in [-0.39, 0.29) is 30.0 Å². The first-order valence-electron chi connectivity index (χ1n) is 9.42. The number of nitrogens with zero attached hydrogens (tertiary/aromatic N) is 2. The van der Waals surface area contributed by atoms with Crippen LogP contribution in [0.25, 0.3) is 10.9 Å². The van der Waals surface area contributed by atoms with Crippen molar-refractivity contribution >= 4 is 16.8 Å². The van der Waals surface area contributed by atoms with Crippen LogP contribution in [0.3, 0.4) is 0 Å². The van der Waals surface area contributed by atoms with Crippen LogP contribution in [-0.2, 0) is 16.1 Å². The highest BCUT2D eigenvalue weighted by molar-refractivity contribution is 5.82. The molecule has 3 heterocycles. The first-order chi connectivity index (χ1) is 12.7. The molecule has 0 radical (unpaired) electrons. The van der Waals surface area contributed by atoms with Crippen LogP contribution in [0.1, 0.15) is 19.3 Å². The van der Waals surface area contributed by atoms with Crippen LogP contribution >= 0.6 is 0 Å². The Kier molecular flexibility index (Phi) is 5.04. The van der Waals surface area contributed by atoms with E-state index >= 15 is 0 Å². The molecule has 4 rings (SSSR count). The monoisotopic (exact) mass is 355 g/mol. The zero-order valence-corrected chi connectivity index (χ0v) is 14.9. The van der Waals surface area contributed by atoms with Gasteiger partial charge in [0.1, 0.15) is 6.54 Å². The normalized spacial score (nSPS) is 24.0. The average molecular weight is 355 g/mol. The summed E-state index contributed by atoms with van der Waals surface area (Å²) < 4.78 is 7.49. The molecule has 6 heteroatoms. The Balaban J connectivity index is 1.45. The van der Waals surface area contributed by atoms with Crippen molar-refractivity contribution < 1.29 is 9.53 Å². The van der Waals surface area contributed by atoms with Crippen LogP contribution < -0.4 is 10.7 Å². The van der Waals surface area contributed by atoms with Crippen LogP contribution in [0.15, 0.2) is 41.3 Å². The van der Waals surface area contributed by atoms with Crippen molar-refractivity contribution in [2.45, 2.75) is 37.9 Å². The number of benzene rings is 1. The van der Waals surface area contributed by atoms with Gasteiger partial charge >= 0.3 is 0 Å². The first kappa shape index (κ1) is 17.2. The van der Waals surface area contributed by atoms with Gasteiger partial charge in [-0.25, -0.2) is 0 Å². The van der Waals surface area contributed by atoms with E-state index in [1.54, 1.807) is 12.3 Å². The lowest BCUT2D eigenvalue weighted by Crippen LogP contribution is -2.53. The maximum atomic E-state index is 12.6. The number of carbonyl (C=O) groups is 1. The molecule has 0 spiro atoms. The lowest BCUT2D eigenvalue weighted by Gasteiger charge is -2.34. The largest absolute Gasteiger partial charge is 0.378 e. The Labute approximate surface area is 152 Å². The van der Waals surface area contributed by atoms with Gasteiger partial charge in [0.15, 0.2) is 5.43 Å². The number of likely N-dealkylation sites (tertiary alicyclic amines) is 1. The maximum Gasteiger partial charge on any atom is 0.240 e. The highest BCUT2D eigenvalue weighted by atomic mass is 16.5. The molecular weight excluding hydrogens is 330 g/mol. The molecule has 2 aromatic rings. The molecule has 0 aliphatic carbocycles. The number of amides is 1. The Morgan fingerprint density at radius 1 is 1.12 bits per heavy atom. The summed E-state index contributed by atoms with van der Waals surface area (Å²) in [4.78, 5) is 27.1. The van der Waals surface area contributed by atoms with Crippen LogP contribution in [0, 0.1) is 0 Å². The highest BCUT2D eigenvalue weighted by Crippen LogP contribution is 2.19. The standard InChI is InChI=1S/C20H25N3O3/c24-19-8-11-23(17-7-3-2-6-15(17)19)12-20(25)21-16-13-26-14-18(16)22-9-4-1-5-10-22/h2-3,6-8,11,16,18H,1,4-5,9-10,12-14H2,(H,21,25)/t16-,18-/m0/s1. The van der Waals surface area contributed by atoms with Gasteiger partial charge in [-0.1, -0.05) is 18.6 Å². The Morgan fingerprint density at radius 3 is 2.77 bits per heavy atom. The summed E-state index contributed by atoms with van der Waals surface area (Å²) >= 11 is 0. The number of hydrogen-bond donors (Lipinski definition) is 1. The van der Waals surface area contributed by atoms with Crippen LogP contribution in [-0.4, -0.2) is 53.8 Å². The van der Waals surface area contributed by atoms with Crippen LogP contribution in [0.5, 0.6) is 0 Å². The third kappa shape index (κ3) is 3.52. The third-order valence-electron chi connectivity index (χ3n) is 5.46. The fraction of sp³-hybridized carbons (Fsp3) is 0.500. The lowest BCUT2D eigenvalue weighted by atomic mass is 10.0. The van der Waals surface area contributed by atoms with Gasteiger partial charge in [-0.15, -0.1) is 0 Å². The SMILES string of the molecule is O=C(Cn1ccc(=O)c2ccccc21)N[C@H]1COC[C@@H]1N1CCCCC1. The zero-order valence-electron chi connectivity index (χ0n) is 14.9. The summed E-state index contributed by atoms with van der Waals surface area (Å²) in [5.41, 5.74) is 0.761. The van der Waals surface area contributed by atoms with Gasteiger partial charge in [0, 0.05) is 17.6 Å². The van der Waals surface area contributed by atoms with Crippen molar-refractivity contribution in [2.75, 3.05) is 26.3 Å². The molecule has 2 atom stereocenters. The molecule has 26 heavy (non-hydrogen) atoms. The summed E-state index contributed by atoms with van der Waals surface area (Å²) in [5.74, 6) is -0.0451. The molecule has 2 saturated heterocycles. The second-order valence-electron chi connectivity index (χ2n) is 7.20. The molecule has 1 amide bonds. The van der Waals surface area contributed by atoms with Gasteiger partial charge in [-0.05, 0) is 38.1 Å². The molecule has 2 aliphatic rings. The quantitative estimate of drug-likeness (QED) is 0.900. The van der Waals surface area contributed by atoms with Crippen LogP contribution in [0.2, 0.25) is 0 Å². The number of rotatable bonds is 4. The average Bonchev–Trinajstić information content (AvgIpc) is 3.13. The summed E-state index contributed by atoms with van der Waals surface area (Å²) in [6, 6.07) is 9.21. The predicted octanol–water partition coefficient (Wildman–Crippen LogP) is 1.37. The summed E-state index contributed by atoms with van der Waals surface area (Å²) in [7, 11) is 0. The fourth-order valence-corrected chi connectivity index (χ4v) is 4.10. The van der Waals surface area contributed by atoms with Gasteiger partial charge in [-0.3, -0.25) is 14.5 Å². The van der Waals surface area contributed by atoms with Gasteiger partial charge < -0.3 is 14.6 Å². The predicted molar refractivity (Wildman–Crippen MR) is 100 cm³/mol. The Hall–Kier alpha value is -2.18. The molecule has 1 aromatic carbocycles. The van der Waals surface area contributed by atoms with E-state index in [1.165, 1.54) is 25.3 Å². The van der Waals surface area contributed by atoms with E-state index in [2.05, 4.69) is 10.2 Å². The fourth-order valence-electron chi connectivity index (χ4n) is 4.10. The van der Waals surface area contributed by atoms with E-state index in [9.17, 15) is 9.59 Å². The minimum absolute atomic E-state index is 0.0217. The zero-order chi connectivity index (χ0) is 17.9. The molecule has 6 nitrogen and oxygen atoms in total. The number of pyridine rings is 1.